The first-order valence-electron chi connectivity index (χ1n) is 8.26. The van der Waals surface area contributed by atoms with Gasteiger partial charge in [-0.3, -0.25) is 9.59 Å². The molecular formula is C18H17N5O3. The van der Waals surface area contributed by atoms with Gasteiger partial charge in [-0.2, -0.15) is 0 Å². The van der Waals surface area contributed by atoms with Crippen molar-refractivity contribution in [1.82, 2.24) is 25.2 Å². The van der Waals surface area contributed by atoms with Gasteiger partial charge in [0.15, 0.2) is 5.69 Å². The number of benzene rings is 1. The summed E-state index contributed by atoms with van der Waals surface area (Å²) in [6.45, 7) is 1.49. The van der Waals surface area contributed by atoms with Gasteiger partial charge in [0.2, 0.25) is 0 Å². The Morgan fingerprint density at radius 1 is 1.19 bits per heavy atom. The quantitative estimate of drug-likeness (QED) is 0.752. The lowest BCUT2D eigenvalue weighted by molar-refractivity contribution is 0.0497. The maximum absolute atomic E-state index is 12.2. The van der Waals surface area contributed by atoms with Crippen LogP contribution < -0.4 is 5.32 Å². The Balaban J connectivity index is 1.31. The van der Waals surface area contributed by atoms with E-state index in [0.29, 0.717) is 25.2 Å². The van der Waals surface area contributed by atoms with Gasteiger partial charge in [-0.05, 0) is 11.6 Å². The molecule has 1 N–H and O–H groups in total. The fourth-order valence-electron chi connectivity index (χ4n) is 2.79. The summed E-state index contributed by atoms with van der Waals surface area (Å²) in [6.07, 6.45) is 4.52. The molecule has 3 heterocycles. The summed E-state index contributed by atoms with van der Waals surface area (Å²) in [6, 6.07) is 11.3. The highest BCUT2D eigenvalue weighted by Crippen LogP contribution is 2.22. The summed E-state index contributed by atoms with van der Waals surface area (Å²) >= 11 is 0. The molecule has 1 saturated heterocycles. The second kappa shape index (κ2) is 6.83. The number of furan rings is 1. The van der Waals surface area contributed by atoms with Crippen molar-refractivity contribution >= 4 is 11.8 Å². The molecule has 0 aliphatic carbocycles. The minimum Gasteiger partial charge on any atom is -0.472 e. The molecule has 0 unspecified atom stereocenters. The van der Waals surface area contributed by atoms with Gasteiger partial charge in [-0.15, -0.1) is 5.10 Å². The smallest absolute Gasteiger partial charge is 0.273 e. The van der Waals surface area contributed by atoms with Crippen molar-refractivity contribution in [2.24, 2.45) is 0 Å². The lowest BCUT2D eigenvalue weighted by Crippen LogP contribution is -2.50. The fraction of sp³-hybridized carbons (Fsp3) is 0.222. The van der Waals surface area contributed by atoms with Crippen LogP contribution in [-0.4, -0.2) is 44.8 Å². The van der Waals surface area contributed by atoms with E-state index in [1.165, 1.54) is 12.5 Å². The summed E-state index contributed by atoms with van der Waals surface area (Å²) in [4.78, 5) is 26.0. The van der Waals surface area contributed by atoms with Gasteiger partial charge in [0.1, 0.15) is 6.26 Å². The molecule has 1 aromatic carbocycles. The topological polar surface area (TPSA) is 93.3 Å². The first-order chi connectivity index (χ1) is 12.7. The highest BCUT2D eigenvalue weighted by Gasteiger charge is 2.33. The number of amides is 2. The van der Waals surface area contributed by atoms with E-state index >= 15 is 0 Å². The first-order valence-corrected chi connectivity index (χ1v) is 8.26. The zero-order valence-electron chi connectivity index (χ0n) is 13.9. The zero-order chi connectivity index (χ0) is 17.9. The summed E-state index contributed by atoms with van der Waals surface area (Å²) < 4.78 is 6.57. The minimum absolute atomic E-state index is 0.0222. The Hall–Kier alpha value is -3.42. The number of carbonyl (C=O) groups excluding carboxylic acids is 2. The van der Waals surface area contributed by atoms with E-state index in [0.717, 1.165) is 5.56 Å². The molecule has 132 valence electrons. The summed E-state index contributed by atoms with van der Waals surface area (Å²) in [5.41, 5.74) is 1.81. The molecule has 1 fully saturated rings. The lowest BCUT2D eigenvalue weighted by Gasteiger charge is -2.38. The van der Waals surface area contributed by atoms with Gasteiger partial charge < -0.3 is 14.6 Å². The number of carbonyl (C=O) groups is 2. The van der Waals surface area contributed by atoms with E-state index in [4.69, 9.17) is 4.42 Å². The monoisotopic (exact) mass is 351 g/mol. The summed E-state index contributed by atoms with van der Waals surface area (Å²) in [5, 5.41) is 10.8. The molecule has 26 heavy (non-hydrogen) atoms. The SMILES string of the molecule is O=C(NCc1ccccc1)c1cn(C2CN(C(=O)c3ccoc3)C2)nn1. The van der Waals surface area contributed by atoms with E-state index in [2.05, 4.69) is 15.6 Å². The first kappa shape index (κ1) is 16.1. The van der Waals surface area contributed by atoms with E-state index in [-0.39, 0.29) is 23.6 Å². The van der Waals surface area contributed by atoms with Gasteiger partial charge >= 0.3 is 0 Å². The molecule has 2 amide bonds. The highest BCUT2D eigenvalue weighted by atomic mass is 16.3. The third-order valence-corrected chi connectivity index (χ3v) is 4.33. The van der Waals surface area contributed by atoms with Crippen LogP contribution in [0.4, 0.5) is 0 Å². The van der Waals surface area contributed by atoms with Crippen LogP contribution in [-0.2, 0) is 6.54 Å². The normalized spacial score (nSPS) is 14.1. The molecule has 0 atom stereocenters. The minimum atomic E-state index is -0.272. The Kier molecular flexibility index (Phi) is 4.22. The number of aromatic nitrogens is 3. The predicted octanol–water partition coefficient (Wildman–Crippen LogP) is 1.50. The lowest BCUT2D eigenvalue weighted by atomic mass is 10.1. The van der Waals surface area contributed by atoms with Gasteiger partial charge in [0.25, 0.3) is 11.8 Å². The largest absolute Gasteiger partial charge is 0.472 e. The molecule has 1 aliphatic heterocycles. The number of likely N-dealkylation sites (tertiary alicyclic amines) is 1. The van der Waals surface area contributed by atoms with E-state index in [9.17, 15) is 9.59 Å². The average Bonchev–Trinajstić information content (AvgIpc) is 3.31. The molecule has 8 nitrogen and oxygen atoms in total. The van der Waals surface area contributed by atoms with Crippen molar-refractivity contribution in [3.8, 4) is 0 Å². The zero-order valence-corrected chi connectivity index (χ0v) is 13.9. The average molecular weight is 351 g/mol. The van der Waals surface area contributed by atoms with Gasteiger partial charge in [-0.25, -0.2) is 4.68 Å². The molecule has 4 rings (SSSR count). The third-order valence-electron chi connectivity index (χ3n) is 4.33. The second-order valence-corrected chi connectivity index (χ2v) is 6.13. The van der Waals surface area contributed by atoms with Crippen molar-refractivity contribution in [3.63, 3.8) is 0 Å². The van der Waals surface area contributed by atoms with Gasteiger partial charge in [0.05, 0.1) is 24.1 Å². The molecule has 1 aliphatic rings. The number of hydrogen-bond acceptors (Lipinski definition) is 5. The Morgan fingerprint density at radius 3 is 2.73 bits per heavy atom. The number of rotatable bonds is 5. The van der Waals surface area contributed by atoms with Crippen LogP contribution in [0.15, 0.2) is 59.5 Å². The standard InChI is InChI=1S/C18H17N5O3/c24-17(19-8-13-4-2-1-3-5-13)16-11-23(21-20-16)15-9-22(10-15)18(25)14-6-7-26-12-14/h1-7,11-12,15H,8-10H2,(H,19,24). The fourth-order valence-corrected chi connectivity index (χ4v) is 2.79. The van der Waals surface area contributed by atoms with E-state index < -0.39 is 0 Å². The van der Waals surface area contributed by atoms with Crippen LogP contribution in [0.25, 0.3) is 0 Å². The van der Waals surface area contributed by atoms with Crippen LogP contribution in [0, 0.1) is 0 Å². The van der Waals surface area contributed by atoms with Crippen LogP contribution in [0.3, 0.4) is 0 Å². The third kappa shape index (κ3) is 3.21. The van der Waals surface area contributed by atoms with Crippen molar-refractivity contribution in [2.75, 3.05) is 13.1 Å². The van der Waals surface area contributed by atoms with Crippen molar-refractivity contribution < 1.29 is 14.0 Å². The summed E-state index contributed by atoms with van der Waals surface area (Å²) in [5.74, 6) is -0.346. The van der Waals surface area contributed by atoms with Crippen molar-refractivity contribution in [3.05, 3.63) is 71.9 Å². The maximum Gasteiger partial charge on any atom is 0.273 e. The Bertz CT molecular complexity index is 898. The van der Waals surface area contributed by atoms with Crippen LogP contribution in [0.2, 0.25) is 0 Å². The molecule has 0 spiro atoms. The second-order valence-electron chi connectivity index (χ2n) is 6.13. The van der Waals surface area contributed by atoms with E-state index in [1.807, 2.05) is 30.3 Å². The maximum atomic E-state index is 12.2. The van der Waals surface area contributed by atoms with Crippen LogP contribution in [0.5, 0.6) is 0 Å². The number of nitrogens with zero attached hydrogens (tertiary/aromatic N) is 4. The molecule has 2 aromatic heterocycles. The molecule has 0 saturated carbocycles. The predicted molar refractivity (Wildman–Crippen MR) is 91.3 cm³/mol. The summed E-state index contributed by atoms with van der Waals surface area (Å²) in [7, 11) is 0. The molecule has 0 radical (unpaired) electrons. The highest BCUT2D eigenvalue weighted by molar-refractivity contribution is 5.94. The van der Waals surface area contributed by atoms with Crippen LogP contribution >= 0.6 is 0 Å². The Labute approximate surface area is 149 Å². The molecular weight excluding hydrogens is 334 g/mol. The molecule has 3 aromatic rings. The van der Waals surface area contributed by atoms with E-state index in [1.54, 1.807) is 21.8 Å². The number of hydrogen-bond donors (Lipinski definition) is 1. The number of nitrogens with one attached hydrogen (secondary N) is 1. The van der Waals surface area contributed by atoms with Gasteiger partial charge in [0, 0.05) is 19.6 Å². The van der Waals surface area contributed by atoms with Crippen molar-refractivity contribution in [1.29, 1.82) is 0 Å². The van der Waals surface area contributed by atoms with Crippen LogP contribution in [0.1, 0.15) is 32.5 Å². The van der Waals surface area contributed by atoms with Gasteiger partial charge in [-0.1, -0.05) is 35.5 Å². The molecule has 0 bridgehead atoms. The molecule has 8 heteroatoms. The van der Waals surface area contributed by atoms with Crippen molar-refractivity contribution in [2.45, 2.75) is 12.6 Å². The Morgan fingerprint density at radius 2 is 2.00 bits per heavy atom.